The fourth-order valence-electron chi connectivity index (χ4n) is 3.04. The van der Waals surface area contributed by atoms with Crippen LogP contribution >= 0.6 is 0 Å². The van der Waals surface area contributed by atoms with Crippen LogP contribution in [-0.2, 0) is 30.6 Å². The van der Waals surface area contributed by atoms with Crippen LogP contribution in [0.15, 0.2) is 10.7 Å². The Bertz CT molecular complexity index is 1060. The second-order valence-electron chi connectivity index (χ2n) is 6.80. The molecule has 0 aliphatic carbocycles. The van der Waals surface area contributed by atoms with Gasteiger partial charge in [-0.25, -0.2) is 9.78 Å². The number of halogens is 3. The Morgan fingerprint density at radius 3 is 2.65 bits per heavy atom. The number of alkyl halides is 3. The third kappa shape index (κ3) is 5.63. The van der Waals surface area contributed by atoms with Crippen molar-refractivity contribution in [3.8, 4) is 11.4 Å². The molecule has 1 aliphatic heterocycles. The predicted molar refractivity (Wildman–Crippen MR) is 99.9 cm³/mol. The van der Waals surface area contributed by atoms with Gasteiger partial charge in [-0.05, 0) is 37.9 Å². The molecule has 1 aliphatic rings. The zero-order valence-corrected chi connectivity index (χ0v) is 16.7. The molecule has 4 rings (SSSR count). The normalized spacial score (nSPS) is 13.3. The maximum absolute atomic E-state index is 10.6. The summed E-state index contributed by atoms with van der Waals surface area (Å²) in [7, 11) is 0. The molecular weight excluding hydrogens is 419 g/mol. The summed E-state index contributed by atoms with van der Waals surface area (Å²) in [6.45, 7) is 5.66. The van der Waals surface area contributed by atoms with E-state index in [2.05, 4.69) is 35.6 Å². The average molecular weight is 439 g/mol. The molecule has 0 amide bonds. The van der Waals surface area contributed by atoms with E-state index in [1.165, 1.54) is 11.1 Å². The number of hydrogen-bond donors (Lipinski definition) is 3. The van der Waals surface area contributed by atoms with Crippen molar-refractivity contribution in [2.75, 3.05) is 6.54 Å². The quantitative estimate of drug-likeness (QED) is 0.556. The van der Waals surface area contributed by atoms with Crippen molar-refractivity contribution in [1.29, 1.82) is 0 Å². The molecule has 0 atom stereocenters. The van der Waals surface area contributed by atoms with Crippen LogP contribution in [0.1, 0.15) is 34.4 Å². The van der Waals surface area contributed by atoms with Crippen molar-refractivity contribution in [2.45, 2.75) is 45.8 Å². The van der Waals surface area contributed by atoms with Crippen LogP contribution in [0, 0.1) is 13.8 Å². The number of carbonyl (C=O) groups is 1. The second-order valence-corrected chi connectivity index (χ2v) is 6.80. The molecule has 166 valence electrons. The Balaban J connectivity index is 0.000000339. The lowest BCUT2D eigenvalue weighted by Gasteiger charge is -2.19. The number of nitrogens with one attached hydrogen (secondary N) is 2. The van der Waals surface area contributed by atoms with Gasteiger partial charge in [-0.1, -0.05) is 5.16 Å². The molecule has 0 aromatic carbocycles. The van der Waals surface area contributed by atoms with Gasteiger partial charge < -0.3 is 14.9 Å². The predicted octanol–water partition coefficient (Wildman–Crippen LogP) is 1.93. The first-order valence-corrected chi connectivity index (χ1v) is 9.34. The summed E-state index contributed by atoms with van der Waals surface area (Å²) in [5.41, 5.74) is 4.44. The number of aromatic nitrogens is 6. The zero-order valence-electron chi connectivity index (χ0n) is 16.7. The first-order chi connectivity index (χ1) is 14.6. The number of rotatable bonds is 4. The maximum Gasteiger partial charge on any atom is 0.490 e. The monoisotopic (exact) mass is 439 g/mol. The molecule has 13 heteroatoms. The largest absolute Gasteiger partial charge is 0.490 e. The third-order valence-corrected chi connectivity index (χ3v) is 4.47. The topological polar surface area (TPSA) is 143 Å². The van der Waals surface area contributed by atoms with Crippen molar-refractivity contribution < 1.29 is 27.6 Å². The standard InChI is InChI=1S/C16H19N7O.C2HF3O2/c1-9-15(12-5-6-17-7-11(12)8-18-9)16-20-14(24-23-16)4-3-13-19-10(2)21-22-13;3-2(4,5)1(6)7/h8,17H,3-7H2,1-2H3,(H,19,21,22);(H,6,7). The molecule has 0 saturated heterocycles. The number of carboxylic acids is 1. The molecule has 0 bridgehead atoms. The maximum atomic E-state index is 10.6. The lowest BCUT2D eigenvalue weighted by Crippen LogP contribution is -2.24. The van der Waals surface area contributed by atoms with E-state index in [9.17, 15) is 13.2 Å². The Morgan fingerprint density at radius 2 is 2.00 bits per heavy atom. The SMILES string of the molecule is Cc1nc(CCc2nc(-c3c(C)ncc4c3CCNC4)no2)n[nH]1.O=C(O)C(F)(F)F. The van der Waals surface area contributed by atoms with Gasteiger partial charge in [0, 0.05) is 36.8 Å². The van der Waals surface area contributed by atoms with Gasteiger partial charge in [0.1, 0.15) is 5.82 Å². The highest BCUT2D eigenvalue weighted by Gasteiger charge is 2.38. The van der Waals surface area contributed by atoms with E-state index in [-0.39, 0.29) is 0 Å². The summed E-state index contributed by atoms with van der Waals surface area (Å²) in [6, 6.07) is 0. The molecule has 10 nitrogen and oxygen atoms in total. The van der Waals surface area contributed by atoms with Crippen LogP contribution in [-0.4, -0.2) is 54.1 Å². The molecular formula is C18H20F3N7O3. The van der Waals surface area contributed by atoms with E-state index in [4.69, 9.17) is 14.4 Å². The van der Waals surface area contributed by atoms with Crippen molar-refractivity contribution in [3.63, 3.8) is 0 Å². The summed E-state index contributed by atoms with van der Waals surface area (Å²) in [5, 5.41) is 21.6. The van der Waals surface area contributed by atoms with Crippen molar-refractivity contribution in [1.82, 2.24) is 35.6 Å². The zero-order chi connectivity index (χ0) is 22.6. The Morgan fingerprint density at radius 1 is 1.26 bits per heavy atom. The van der Waals surface area contributed by atoms with Crippen LogP contribution in [0.2, 0.25) is 0 Å². The number of fused-ring (bicyclic) bond motifs is 1. The minimum atomic E-state index is -5.08. The molecule has 3 aromatic rings. The summed E-state index contributed by atoms with van der Waals surface area (Å²) in [5.74, 6) is 0.0292. The Labute approximate surface area is 174 Å². The molecule has 0 unspecified atom stereocenters. The van der Waals surface area contributed by atoms with Crippen LogP contribution in [0.3, 0.4) is 0 Å². The Kier molecular flexibility index (Phi) is 6.63. The first kappa shape index (κ1) is 22.3. The number of aliphatic carboxylic acids is 1. The number of hydrogen-bond acceptors (Lipinski definition) is 8. The molecule has 0 saturated carbocycles. The van der Waals surface area contributed by atoms with E-state index in [1.54, 1.807) is 0 Å². The first-order valence-electron chi connectivity index (χ1n) is 9.34. The molecule has 0 spiro atoms. The fraction of sp³-hybridized carbons (Fsp3) is 0.444. The summed E-state index contributed by atoms with van der Waals surface area (Å²) in [4.78, 5) is 22.2. The summed E-state index contributed by atoms with van der Waals surface area (Å²) >= 11 is 0. The van der Waals surface area contributed by atoms with Crippen LogP contribution in [0.5, 0.6) is 0 Å². The minimum Gasteiger partial charge on any atom is -0.475 e. The number of aryl methyl sites for hydroxylation is 4. The van der Waals surface area contributed by atoms with Gasteiger partial charge in [-0.3, -0.25) is 10.1 Å². The van der Waals surface area contributed by atoms with Gasteiger partial charge in [0.25, 0.3) is 0 Å². The number of H-pyrrole nitrogens is 1. The summed E-state index contributed by atoms with van der Waals surface area (Å²) < 4.78 is 37.2. The van der Waals surface area contributed by atoms with Gasteiger partial charge >= 0.3 is 12.1 Å². The van der Waals surface area contributed by atoms with E-state index in [0.29, 0.717) is 24.6 Å². The van der Waals surface area contributed by atoms with Gasteiger partial charge in [0.15, 0.2) is 5.82 Å². The van der Waals surface area contributed by atoms with Gasteiger partial charge in [0.2, 0.25) is 11.7 Å². The van der Waals surface area contributed by atoms with Gasteiger partial charge in [-0.15, -0.1) is 0 Å². The van der Waals surface area contributed by atoms with E-state index < -0.39 is 12.1 Å². The van der Waals surface area contributed by atoms with Crippen LogP contribution < -0.4 is 5.32 Å². The lowest BCUT2D eigenvalue weighted by atomic mass is 9.95. The highest BCUT2D eigenvalue weighted by Crippen LogP contribution is 2.28. The second kappa shape index (κ2) is 9.20. The number of pyridine rings is 1. The molecule has 0 radical (unpaired) electrons. The smallest absolute Gasteiger partial charge is 0.475 e. The molecule has 0 fully saturated rings. The minimum absolute atomic E-state index is 0.596. The Hall–Kier alpha value is -3.35. The lowest BCUT2D eigenvalue weighted by molar-refractivity contribution is -0.192. The van der Waals surface area contributed by atoms with Crippen molar-refractivity contribution >= 4 is 5.97 Å². The third-order valence-electron chi connectivity index (χ3n) is 4.47. The van der Waals surface area contributed by atoms with Crippen LogP contribution in [0.25, 0.3) is 11.4 Å². The highest BCUT2D eigenvalue weighted by molar-refractivity contribution is 5.73. The molecule has 4 heterocycles. The van der Waals surface area contributed by atoms with Crippen molar-refractivity contribution in [2.24, 2.45) is 0 Å². The van der Waals surface area contributed by atoms with E-state index >= 15 is 0 Å². The molecule has 3 N–H and O–H groups in total. The number of aromatic amines is 1. The number of carboxylic acid groups (broad SMARTS) is 1. The van der Waals surface area contributed by atoms with E-state index in [0.717, 1.165) is 42.4 Å². The average Bonchev–Trinajstić information content (AvgIpc) is 3.35. The van der Waals surface area contributed by atoms with Crippen molar-refractivity contribution in [3.05, 3.63) is 40.6 Å². The van der Waals surface area contributed by atoms with E-state index in [1.807, 2.05) is 20.0 Å². The molecule has 31 heavy (non-hydrogen) atoms. The highest BCUT2D eigenvalue weighted by atomic mass is 19.4. The molecule has 3 aromatic heterocycles. The van der Waals surface area contributed by atoms with Gasteiger partial charge in [-0.2, -0.15) is 23.3 Å². The number of nitrogens with zero attached hydrogens (tertiary/aromatic N) is 5. The van der Waals surface area contributed by atoms with Gasteiger partial charge in [0.05, 0.1) is 0 Å². The fourth-order valence-corrected chi connectivity index (χ4v) is 3.04. The van der Waals surface area contributed by atoms with Crippen LogP contribution in [0.4, 0.5) is 13.2 Å². The summed E-state index contributed by atoms with van der Waals surface area (Å²) in [6.07, 6.45) is -0.908.